The van der Waals surface area contributed by atoms with Crippen molar-refractivity contribution >= 4 is 11.8 Å². The summed E-state index contributed by atoms with van der Waals surface area (Å²) in [6.07, 6.45) is 5.42. The maximum absolute atomic E-state index is 12.4. The fourth-order valence-electron chi connectivity index (χ4n) is 2.73. The summed E-state index contributed by atoms with van der Waals surface area (Å²) in [6, 6.07) is 9.02. The monoisotopic (exact) mass is 295 g/mol. The van der Waals surface area contributed by atoms with Gasteiger partial charge in [-0.3, -0.25) is 9.78 Å². The van der Waals surface area contributed by atoms with Crippen LogP contribution in [0.2, 0.25) is 0 Å². The van der Waals surface area contributed by atoms with Crippen molar-refractivity contribution in [3.05, 3.63) is 65.0 Å². The van der Waals surface area contributed by atoms with E-state index in [0.717, 1.165) is 19.3 Å². The van der Waals surface area contributed by atoms with Gasteiger partial charge < -0.3 is 4.74 Å². The lowest BCUT2D eigenvalue weighted by Gasteiger charge is -2.13. The molecule has 1 aliphatic rings. The minimum absolute atomic E-state index is 0.174. The number of aryl methyl sites for hydroxylation is 2. The molecule has 1 aromatic heterocycles. The molecule has 112 valence electrons. The summed E-state index contributed by atoms with van der Waals surface area (Å²) in [5, 5.41) is 0. The molecule has 4 heteroatoms. The number of carbonyl (C=O) groups excluding carboxylic acids is 2. The predicted octanol–water partition coefficient (Wildman–Crippen LogP) is 3.00. The van der Waals surface area contributed by atoms with E-state index in [4.69, 9.17) is 4.74 Å². The highest BCUT2D eigenvalue weighted by molar-refractivity contribution is 6.01. The lowest BCUT2D eigenvalue weighted by molar-refractivity contribution is 0.0318. The number of carbonyl (C=O) groups is 2. The molecule has 1 atom stereocenters. The van der Waals surface area contributed by atoms with Gasteiger partial charge in [-0.2, -0.15) is 0 Å². The highest BCUT2D eigenvalue weighted by Crippen LogP contribution is 2.23. The van der Waals surface area contributed by atoms with E-state index in [0.29, 0.717) is 11.1 Å². The number of pyridine rings is 1. The quantitative estimate of drug-likeness (QED) is 0.642. The minimum atomic E-state index is -0.813. The Balaban J connectivity index is 1.71. The standard InChI is InChI=1S/C18H17NO3/c1-12(22-18(21)16-6-3-9-19-11-16)17(20)15-8-7-13-4-2-5-14(13)10-15/h3,6-12H,2,4-5H2,1H3/t12-/m0/s1. The van der Waals surface area contributed by atoms with Gasteiger partial charge in [0.25, 0.3) is 0 Å². The second kappa shape index (κ2) is 6.10. The van der Waals surface area contributed by atoms with Gasteiger partial charge in [-0.05, 0) is 55.5 Å². The third kappa shape index (κ3) is 2.91. The van der Waals surface area contributed by atoms with Crippen LogP contribution in [-0.2, 0) is 17.6 Å². The first kappa shape index (κ1) is 14.4. The van der Waals surface area contributed by atoms with Crippen LogP contribution in [0, 0.1) is 0 Å². The van der Waals surface area contributed by atoms with Crippen LogP contribution in [0.5, 0.6) is 0 Å². The number of nitrogens with zero attached hydrogens (tertiary/aromatic N) is 1. The van der Waals surface area contributed by atoms with Crippen molar-refractivity contribution in [2.24, 2.45) is 0 Å². The molecule has 0 amide bonds. The van der Waals surface area contributed by atoms with Crippen molar-refractivity contribution in [2.75, 3.05) is 0 Å². The number of ketones is 1. The molecule has 0 fully saturated rings. The van der Waals surface area contributed by atoms with Crippen LogP contribution in [0.15, 0.2) is 42.7 Å². The number of ether oxygens (including phenoxy) is 1. The van der Waals surface area contributed by atoms with Gasteiger partial charge in [0.05, 0.1) is 5.56 Å². The molecule has 3 rings (SSSR count). The summed E-state index contributed by atoms with van der Waals surface area (Å²) in [6.45, 7) is 1.60. The van der Waals surface area contributed by atoms with Crippen LogP contribution in [0.4, 0.5) is 0 Å². The molecule has 0 saturated carbocycles. The van der Waals surface area contributed by atoms with Gasteiger partial charge in [0, 0.05) is 18.0 Å². The van der Waals surface area contributed by atoms with Crippen LogP contribution >= 0.6 is 0 Å². The van der Waals surface area contributed by atoms with Gasteiger partial charge >= 0.3 is 5.97 Å². The number of Topliss-reactive ketones (excluding diaryl/α,β-unsaturated/α-hetero) is 1. The molecule has 22 heavy (non-hydrogen) atoms. The number of fused-ring (bicyclic) bond motifs is 1. The second-order valence-corrected chi connectivity index (χ2v) is 5.49. The number of rotatable bonds is 4. The molecule has 1 aromatic carbocycles. The summed E-state index contributed by atoms with van der Waals surface area (Å²) in [5.74, 6) is -0.706. The Labute approximate surface area is 129 Å². The lowest BCUT2D eigenvalue weighted by atomic mass is 10.0. The zero-order chi connectivity index (χ0) is 15.5. The van der Waals surface area contributed by atoms with Crippen molar-refractivity contribution in [3.8, 4) is 0 Å². The van der Waals surface area contributed by atoms with E-state index in [9.17, 15) is 9.59 Å². The Hall–Kier alpha value is -2.49. The maximum Gasteiger partial charge on any atom is 0.340 e. The fourth-order valence-corrected chi connectivity index (χ4v) is 2.73. The van der Waals surface area contributed by atoms with Crippen LogP contribution in [0.25, 0.3) is 0 Å². The van der Waals surface area contributed by atoms with Gasteiger partial charge in [0.2, 0.25) is 5.78 Å². The summed E-state index contributed by atoms with van der Waals surface area (Å²) in [7, 11) is 0. The Morgan fingerprint density at radius 3 is 2.73 bits per heavy atom. The normalized spacial score (nSPS) is 14.2. The fraction of sp³-hybridized carbons (Fsp3) is 0.278. The van der Waals surface area contributed by atoms with Gasteiger partial charge in [-0.25, -0.2) is 4.79 Å². The summed E-state index contributed by atoms with van der Waals surface area (Å²) in [5.41, 5.74) is 3.50. The minimum Gasteiger partial charge on any atom is -0.451 e. The second-order valence-electron chi connectivity index (χ2n) is 5.49. The summed E-state index contributed by atoms with van der Waals surface area (Å²) in [4.78, 5) is 28.3. The SMILES string of the molecule is C[C@H](OC(=O)c1cccnc1)C(=O)c1ccc2c(c1)CCC2. The summed E-state index contributed by atoms with van der Waals surface area (Å²) >= 11 is 0. The molecule has 0 radical (unpaired) electrons. The molecule has 0 aliphatic heterocycles. The number of benzene rings is 1. The molecule has 0 bridgehead atoms. The first-order valence-corrected chi connectivity index (χ1v) is 7.42. The van der Waals surface area contributed by atoms with Crippen LogP contribution in [0.1, 0.15) is 45.2 Å². The van der Waals surface area contributed by atoms with E-state index in [1.54, 1.807) is 25.3 Å². The molecule has 1 heterocycles. The zero-order valence-corrected chi connectivity index (χ0v) is 12.4. The first-order valence-electron chi connectivity index (χ1n) is 7.42. The van der Waals surface area contributed by atoms with Crippen molar-refractivity contribution in [1.82, 2.24) is 4.98 Å². The van der Waals surface area contributed by atoms with Crippen molar-refractivity contribution in [3.63, 3.8) is 0 Å². The lowest BCUT2D eigenvalue weighted by Crippen LogP contribution is -2.24. The summed E-state index contributed by atoms with van der Waals surface area (Å²) < 4.78 is 5.24. The van der Waals surface area contributed by atoms with E-state index in [-0.39, 0.29) is 5.78 Å². The van der Waals surface area contributed by atoms with Crippen molar-refractivity contribution in [2.45, 2.75) is 32.3 Å². The highest BCUT2D eigenvalue weighted by atomic mass is 16.5. The average molecular weight is 295 g/mol. The average Bonchev–Trinajstić information content (AvgIpc) is 3.02. The number of esters is 1. The van der Waals surface area contributed by atoms with Gasteiger partial charge in [0.15, 0.2) is 6.10 Å². The molecular formula is C18H17NO3. The van der Waals surface area contributed by atoms with Crippen LogP contribution in [-0.4, -0.2) is 22.8 Å². The predicted molar refractivity (Wildman–Crippen MR) is 81.9 cm³/mol. The Morgan fingerprint density at radius 2 is 1.95 bits per heavy atom. The maximum atomic E-state index is 12.4. The molecule has 2 aromatic rings. The van der Waals surface area contributed by atoms with E-state index in [1.165, 1.54) is 17.3 Å². The van der Waals surface area contributed by atoms with Gasteiger partial charge in [0.1, 0.15) is 0 Å². The largest absolute Gasteiger partial charge is 0.451 e. The first-order chi connectivity index (χ1) is 10.6. The molecule has 0 saturated heterocycles. The molecule has 4 nitrogen and oxygen atoms in total. The van der Waals surface area contributed by atoms with E-state index in [1.807, 2.05) is 18.2 Å². The Morgan fingerprint density at radius 1 is 1.14 bits per heavy atom. The third-order valence-corrected chi connectivity index (χ3v) is 3.93. The number of hydrogen-bond acceptors (Lipinski definition) is 4. The van der Waals surface area contributed by atoms with Gasteiger partial charge in [-0.1, -0.05) is 12.1 Å². The van der Waals surface area contributed by atoms with E-state index < -0.39 is 12.1 Å². The Bertz CT molecular complexity index is 710. The van der Waals surface area contributed by atoms with Crippen LogP contribution in [0.3, 0.4) is 0 Å². The third-order valence-electron chi connectivity index (χ3n) is 3.93. The molecule has 0 N–H and O–H groups in total. The zero-order valence-electron chi connectivity index (χ0n) is 12.4. The van der Waals surface area contributed by atoms with Gasteiger partial charge in [-0.15, -0.1) is 0 Å². The topological polar surface area (TPSA) is 56.3 Å². The van der Waals surface area contributed by atoms with Crippen molar-refractivity contribution in [1.29, 1.82) is 0 Å². The highest BCUT2D eigenvalue weighted by Gasteiger charge is 2.22. The smallest absolute Gasteiger partial charge is 0.340 e. The molecule has 1 aliphatic carbocycles. The number of aromatic nitrogens is 1. The van der Waals surface area contributed by atoms with Crippen molar-refractivity contribution < 1.29 is 14.3 Å². The van der Waals surface area contributed by atoms with E-state index >= 15 is 0 Å². The van der Waals surface area contributed by atoms with E-state index in [2.05, 4.69) is 4.98 Å². The molecule has 0 unspecified atom stereocenters. The molecule has 0 spiro atoms. The molecular weight excluding hydrogens is 278 g/mol. The Kier molecular flexibility index (Phi) is 4.00. The van der Waals surface area contributed by atoms with Crippen LogP contribution < -0.4 is 0 Å². The number of hydrogen-bond donors (Lipinski definition) is 0.